The first-order chi connectivity index (χ1) is 9.72. The predicted molar refractivity (Wildman–Crippen MR) is 88.5 cm³/mol. The quantitative estimate of drug-likeness (QED) is 0.895. The van der Waals surface area contributed by atoms with Crippen LogP contribution >= 0.6 is 27.3 Å². The first-order valence-corrected chi connectivity index (χ1v) is 8.79. The maximum atomic E-state index is 4.40. The lowest BCUT2D eigenvalue weighted by atomic mass is 9.88. The Labute approximate surface area is 132 Å². The average Bonchev–Trinajstić information content (AvgIpc) is 2.99. The highest BCUT2D eigenvalue weighted by Crippen LogP contribution is 2.25. The van der Waals surface area contributed by atoms with Gasteiger partial charge in [-0.1, -0.05) is 28.9 Å². The Kier molecular flexibility index (Phi) is 4.54. The fraction of sp³-hybridized carbons (Fsp3) is 0.438. The van der Waals surface area contributed by atoms with Gasteiger partial charge in [0.05, 0.1) is 5.01 Å². The third kappa shape index (κ3) is 3.30. The number of hydrogen-bond acceptors (Lipinski definition) is 3. The fourth-order valence-corrected chi connectivity index (χ4v) is 3.91. The van der Waals surface area contributed by atoms with Crippen LogP contribution in [0.2, 0.25) is 0 Å². The van der Waals surface area contributed by atoms with Gasteiger partial charge in [-0.05, 0) is 42.5 Å². The third-order valence-electron chi connectivity index (χ3n) is 3.98. The maximum Gasteiger partial charge on any atom is 0.0965 e. The molecule has 0 aliphatic heterocycles. The number of aryl methyl sites for hydroxylation is 1. The molecule has 0 saturated carbocycles. The molecule has 2 atom stereocenters. The summed E-state index contributed by atoms with van der Waals surface area (Å²) in [6, 6.07) is 7.28. The van der Waals surface area contributed by atoms with Crippen molar-refractivity contribution in [3.05, 3.63) is 50.4 Å². The van der Waals surface area contributed by atoms with Gasteiger partial charge < -0.3 is 5.32 Å². The molecule has 1 heterocycles. The molecule has 0 saturated heterocycles. The highest BCUT2D eigenvalue weighted by Gasteiger charge is 2.19. The lowest BCUT2D eigenvalue weighted by molar-refractivity contribution is 0.444. The van der Waals surface area contributed by atoms with Gasteiger partial charge in [-0.3, -0.25) is 0 Å². The molecule has 2 nitrogen and oxygen atoms in total. The average molecular weight is 351 g/mol. The molecule has 4 heteroatoms. The second-order valence-corrected chi connectivity index (χ2v) is 7.37. The van der Waals surface area contributed by atoms with Crippen molar-refractivity contribution in [3.63, 3.8) is 0 Å². The number of benzene rings is 1. The van der Waals surface area contributed by atoms with Crippen molar-refractivity contribution in [3.8, 4) is 0 Å². The standard InChI is InChI=1S/C16H19BrN2S/c1-11(16-18-6-7-20-16)10-19-15-5-3-12-8-14(17)4-2-13(12)9-15/h2,4,6-8,11,15,19H,3,5,9-10H2,1H3. The number of rotatable bonds is 4. The second-order valence-electron chi connectivity index (χ2n) is 5.53. The number of nitrogens with zero attached hydrogens (tertiary/aromatic N) is 1. The van der Waals surface area contributed by atoms with Crippen LogP contribution in [0, 0.1) is 0 Å². The Bertz CT molecular complexity index is 568. The lowest BCUT2D eigenvalue weighted by Crippen LogP contribution is -2.36. The number of thiazole rings is 1. The van der Waals surface area contributed by atoms with E-state index in [1.165, 1.54) is 33.4 Å². The molecule has 0 bridgehead atoms. The molecule has 106 valence electrons. The predicted octanol–water partition coefficient (Wildman–Crippen LogP) is 4.16. The Balaban J connectivity index is 1.56. The first kappa shape index (κ1) is 14.2. The Morgan fingerprint density at radius 3 is 3.15 bits per heavy atom. The molecular weight excluding hydrogens is 332 g/mol. The number of hydrogen-bond donors (Lipinski definition) is 1. The molecule has 1 aliphatic rings. The van der Waals surface area contributed by atoms with E-state index in [2.05, 4.69) is 56.7 Å². The van der Waals surface area contributed by atoms with Crippen molar-refractivity contribution in [1.29, 1.82) is 0 Å². The number of halogens is 1. The van der Waals surface area contributed by atoms with Crippen LogP contribution in [-0.4, -0.2) is 17.6 Å². The summed E-state index contributed by atoms with van der Waals surface area (Å²) in [7, 11) is 0. The molecule has 20 heavy (non-hydrogen) atoms. The molecule has 0 amide bonds. The SMILES string of the molecule is CC(CNC1CCc2cc(Br)ccc2C1)c1nccs1. The van der Waals surface area contributed by atoms with Crippen LogP contribution < -0.4 is 5.32 Å². The van der Waals surface area contributed by atoms with Crippen LogP contribution in [0.15, 0.2) is 34.2 Å². The summed E-state index contributed by atoms with van der Waals surface area (Å²) in [5, 5.41) is 7.01. The van der Waals surface area contributed by atoms with Gasteiger partial charge in [0, 0.05) is 34.6 Å². The van der Waals surface area contributed by atoms with Gasteiger partial charge >= 0.3 is 0 Å². The molecule has 0 spiro atoms. The van der Waals surface area contributed by atoms with E-state index in [4.69, 9.17) is 0 Å². The van der Waals surface area contributed by atoms with E-state index in [1.54, 1.807) is 11.3 Å². The molecule has 1 N–H and O–H groups in total. The van der Waals surface area contributed by atoms with Crippen LogP contribution in [0.4, 0.5) is 0 Å². The Morgan fingerprint density at radius 1 is 1.45 bits per heavy atom. The summed E-state index contributed by atoms with van der Waals surface area (Å²) in [5.74, 6) is 0.501. The summed E-state index contributed by atoms with van der Waals surface area (Å²) < 4.78 is 1.19. The molecule has 1 aromatic heterocycles. The molecule has 1 aromatic carbocycles. The normalized spacial score (nSPS) is 19.6. The van der Waals surface area contributed by atoms with Crippen molar-refractivity contribution in [2.24, 2.45) is 0 Å². The Hall–Kier alpha value is -0.710. The third-order valence-corrected chi connectivity index (χ3v) is 5.48. The van der Waals surface area contributed by atoms with Crippen LogP contribution in [0.1, 0.15) is 35.4 Å². The summed E-state index contributed by atoms with van der Waals surface area (Å²) in [5.41, 5.74) is 3.00. The van der Waals surface area contributed by atoms with E-state index in [9.17, 15) is 0 Å². The van der Waals surface area contributed by atoms with Gasteiger partial charge in [-0.15, -0.1) is 11.3 Å². The van der Waals surface area contributed by atoms with Crippen molar-refractivity contribution < 1.29 is 0 Å². The van der Waals surface area contributed by atoms with Crippen LogP contribution in [0.25, 0.3) is 0 Å². The highest BCUT2D eigenvalue weighted by atomic mass is 79.9. The zero-order valence-electron chi connectivity index (χ0n) is 11.6. The lowest BCUT2D eigenvalue weighted by Gasteiger charge is -2.26. The van der Waals surface area contributed by atoms with E-state index in [0.29, 0.717) is 12.0 Å². The zero-order valence-corrected chi connectivity index (χ0v) is 14.0. The zero-order chi connectivity index (χ0) is 13.9. The first-order valence-electron chi connectivity index (χ1n) is 7.12. The van der Waals surface area contributed by atoms with E-state index in [0.717, 1.165) is 13.0 Å². The minimum Gasteiger partial charge on any atom is -0.313 e. The van der Waals surface area contributed by atoms with Crippen molar-refractivity contribution >= 4 is 27.3 Å². The smallest absolute Gasteiger partial charge is 0.0965 e. The molecule has 2 aromatic rings. The molecule has 3 rings (SSSR count). The van der Waals surface area contributed by atoms with E-state index in [1.807, 2.05) is 6.20 Å². The number of nitrogens with one attached hydrogen (secondary N) is 1. The molecule has 0 radical (unpaired) electrons. The van der Waals surface area contributed by atoms with E-state index >= 15 is 0 Å². The summed E-state index contributed by atoms with van der Waals surface area (Å²) in [6.45, 7) is 3.27. The van der Waals surface area contributed by atoms with Crippen molar-refractivity contribution in [2.75, 3.05) is 6.54 Å². The van der Waals surface area contributed by atoms with Gasteiger partial charge in [-0.25, -0.2) is 4.98 Å². The van der Waals surface area contributed by atoms with Gasteiger partial charge in [0.15, 0.2) is 0 Å². The van der Waals surface area contributed by atoms with Crippen molar-refractivity contribution in [1.82, 2.24) is 10.3 Å². The summed E-state index contributed by atoms with van der Waals surface area (Å²) in [4.78, 5) is 4.40. The topological polar surface area (TPSA) is 24.9 Å². The fourth-order valence-electron chi connectivity index (χ4n) is 2.81. The van der Waals surface area contributed by atoms with E-state index in [-0.39, 0.29) is 0 Å². The maximum absolute atomic E-state index is 4.40. The summed E-state index contributed by atoms with van der Waals surface area (Å²) in [6.07, 6.45) is 5.45. The number of fused-ring (bicyclic) bond motifs is 1. The van der Waals surface area contributed by atoms with Crippen molar-refractivity contribution in [2.45, 2.75) is 38.1 Å². The molecular formula is C16H19BrN2S. The van der Waals surface area contributed by atoms with E-state index < -0.39 is 0 Å². The molecule has 0 fully saturated rings. The monoisotopic (exact) mass is 350 g/mol. The van der Waals surface area contributed by atoms with Gasteiger partial charge in [0.2, 0.25) is 0 Å². The largest absolute Gasteiger partial charge is 0.313 e. The highest BCUT2D eigenvalue weighted by molar-refractivity contribution is 9.10. The van der Waals surface area contributed by atoms with Crippen LogP contribution in [-0.2, 0) is 12.8 Å². The number of aromatic nitrogens is 1. The minimum absolute atomic E-state index is 0.501. The second kappa shape index (κ2) is 6.37. The van der Waals surface area contributed by atoms with Gasteiger partial charge in [0.25, 0.3) is 0 Å². The Morgan fingerprint density at radius 2 is 2.35 bits per heavy atom. The van der Waals surface area contributed by atoms with Crippen LogP contribution in [0.3, 0.4) is 0 Å². The summed E-state index contributed by atoms with van der Waals surface area (Å²) >= 11 is 5.31. The van der Waals surface area contributed by atoms with Gasteiger partial charge in [0.1, 0.15) is 0 Å². The minimum atomic E-state index is 0.501. The molecule has 1 aliphatic carbocycles. The van der Waals surface area contributed by atoms with Gasteiger partial charge in [-0.2, -0.15) is 0 Å². The van der Waals surface area contributed by atoms with Crippen LogP contribution in [0.5, 0.6) is 0 Å². The molecule has 2 unspecified atom stereocenters.